The first kappa shape index (κ1) is 12.4. The molecular weight excluding hydrogens is 282 g/mol. The lowest BCUT2D eigenvalue weighted by Crippen LogP contribution is -2.27. The Bertz CT molecular complexity index is 404. The minimum absolute atomic E-state index is 0.344. The van der Waals surface area contributed by atoms with Gasteiger partial charge in [0.05, 0.1) is 6.26 Å². The van der Waals surface area contributed by atoms with Crippen molar-refractivity contribution in [3.05, 3.63) is 22.8 Å². The molecule has 84 valence electrons. The third-order valence-corrected chi connectivity index (χ3v) is 2.72. The lowest BCUT2D eigenvalue weighted by atomic mass is 10.4. The molecule has 15 heavy (non-hydrogen) atoms. The highest BCUT2D eigenvalue weighted by atomic mass is 79.9. The van der Waals surface area contributed by atoms with Crippen LogP contribution in [-0.2, 0) is 10.0 Å². The molecule has 1 aromatic rings. The van der Waals surface area contributed by atoms with Gasteiger partial charge in [-0.05, 0) is 28.1 Å². The van der Waals surface area contributed by atoms with Crippen molar-refractivity contribution in [2.45, 2.75) is 0 Å². The zero-order valence-electron chi connectivity index (χ0n) is 8.20. The minimum Gasteiger partial charge on any atom is -0.369 e. The molecule has 0 atom stereocenters. The maximum Gasteiger partial charge on any atom is 0.208 e. The summed E-state index contributed by atoms with van der Waals surface area (Å²) in [6.45, 7) is 0.846. The normalized spacial score (nSPS) is 11.3. The second-order valence-electron chi connectivity index (χ2n) is 2.95. The average molecular weight is 294 g/mol. The first-order chi connectivity index (χ1) is 6.97. The van der Waals surface area contributed by atoms with E-state index in [4.69, 9.17) is 0 Å². The number of aromatic nitrogens is 1. The first-order valence-electron chi connectivity index (χ1n) is 4.27. The molecule has 1 heterocycles. The van der Waals surface area contributed by atoms with Crippen LogP contribution in [0.3, 0.4) is 0 Å². The van der Waals surface area contributed by atoms with Crippen LogP contribution in [0.2, 0.25) is 0 Å². The number of hydrogen-bond donors (Lipinski definition) is 2. The van der Waals surface area contributed by atoms with Gasteiger partial charge in [-0.15, -0.1) is 0 Å². The molecule has 0 fully saturated rings. The number of rotatable bonds is 5. The molecule has 0 saturated carbocycles. The van der Waals surface area contributed by atoms with Crippen molar-refractivity contribution in [2.75, 3.05) is 24.7 Å². The molecule has 0 aromatic carbocycles. The van der Waals surface area contributed by atoms with Crippen LogP contribution < -0.4 is 10.0 Å². The van der Waals surface area contributed by atoms with Crippen molar-refractivity contribution in [3.8, 4) is 0 Å². The van der Waals surface area contributed by atoms with E-state index in [0.29, 0.717) is 18.9 Å². The summed E-state index contributed by atoms with van der Waals surface area (Å²) >= 11 is 3.27. The highest BCUT2D eigenvalue weighted by Crippen LogP contribution is 2.09. The quantitative estimate of drug-likeness (QED) is 0.788. The molecule has 0 bridgehead atoms. The van der Waals surface area contributed by atoms with E-state index in [-0.39, 0.29) is 0 Å². The van der Waals surface area contributed by atoms with Crippen molar-refractivity contribution < 1.29 is 8.42 Å². The van der Waals surface area contributed by atoms with Gasteiger partial charge in [0, 0.05) is 23.8 Å². The topological polar surface area (TPSA) is 71.1 Å². The van der Waals surface area contributed by atoms with Crippen LogP contribution in [0, 0.1) is 0 Å². The highest BCUT2D eigenvalue weighted by Gasteiger charge is 1.98. The standard InChI is InChI=1S/C8H12BrN3O2S/c1-15(13,14)12-5-4-10-8-3-2-7(9)6-11-8/h2-3,6,12H,4-5H2,1H3,(H,10,11). The number of sulfonamides is 1. The Morgan fingerprint density at radius 2 is 2.13 bits per heavy atom. The van der Waals surface area contributed by atoms with Crippen molar-refractivity contribution in [1.29, 1.82) is 0 Å². The monoisotopic (exact) mass is 293 g/mol. The minimum atomic E-state index is -3.10. The molecule has 0 radical (unpaired) electrons. The molecule has 0 saturated heterocycles. The van der Waals surface area contributed by atoms with Gasteiger partial charge < -0.3 is 5.32 Å². The van der Waals surface area contributed by atoms with E-state index in [1.54, 1.807) is 6.20 Å². The van der Waals surface area contributed by atoms with Crippen LogP contribution in [0.4, 0.5) is 5.82 Å². The lowest BCUT2D eigenvalue weighted by Gasteiger charge is -2.05. The van der Waals surface area contributed by atoms with Crippen molar-refractivity contribution in [3.63, 3.8) is 0 Å². The van der Waals surface area contributed by atoms with E-state index in [1.165, 1.54) is 0 Å². The van der Waals surface area contributed by atoms with Crippen LogP contribution in [0.5, 0.6) is 0 Å². The van der Waals surface area contributed by atoms with Gasteiger partial charge in [0.2, 0.25) is 10.0 Å². The fourth-order valence-corrected chi connectivity index (χ4v) is 1.61. The number of pyridine rings is 1. The molecule has 0 aliphatic carbocycles. The summed E-state index contributed by atoms with van der Waals surface area (Å²) in [5, 5.41) is 2.99. The molecule has 2 N–H and O–H groups in total. The van der Waals surface area contributed by atoms with Gasteiger partial charge in [0.15, 0.2) is 0 Å². The molecule has 0 spiro atoms. The second kappa shape index (κ2) is 5.43. The van der Waals surface area contributed by atoms with Crippen molar-refractivity contribution in [2.24, 2.45) is 0 Å². The Hall–Kier alpha value is -0.660. The van der Waals surface area contributed by atoms with E-state index in [2.05, 4.69) is 31.0 Å². The summed E-state index contributed by atoms with van der Waals surface area (Å²) in [4.78, 5) is 4.08. The van der Waals surface area contributed by atoms with Crippen molar-refractivity contribution in [1.82, 2.24) is 9.71 Å². The van der Waals surface area contributed by atoms with E-state index in [0.717, 1.165) is 10.7 Å². The van der Waals surface area contributed by atoms with E-state index in [9.17, 15) is 8.42 Å². The fourth-order valence-electron chi connectivity index (χ4n) is 0.907. The third kappa shape index (κ3) is 5.71. The molecule has 0 unspecified atom stereocenters. The Labute approximate surface area is 97.5 Å². The average Bonchev–Trinajstić information content (AvgIpc) is 2.14. The van der Waals surface area contributed by atoms with Crippen molar-refractivity contribution >= 4 is 31.8 Å². The van der Waals surface area contributed by atoms with Crippen LogP contribution in [0.15, 0.2) is 22.8 Å². The zero-order chi connectivity index (χ0) is 11.3. The van der Waals surface area contributed by atoms with E-state index >= 15 is 0 Å². The smallest absolute Gasteiger partial charge is 0.208 e. The predicted molar refractivity (Wildman–Crippen MR) is 63.3 cm³/mol. The molecular formula is C8H12BrN3O2S. The zero-order valence-corrected chi connectivity index (χ0v) is 10.6. The maximum absolute atomic E-state index is 10.7. The van der Waals surface area contributed by atoms with Gasteiger partial charge >= 0.3 is 0 Å². The molecule has 0 aliphatic rings. The fraction of sp³-hybridized carbons (Fsp3) is 0.375. The predicted octanol–water partition coefficient (Wildman–Crippen LogP) is 0.805. The summed E-state index contributed by atoms with van der Waals surface area (Å²) in [6.07, 6.45) is 2.80. The van der Waals surface area contributed by atoms with Gasteiger partial charge in [-0.2, -0.15) is 0 Å². The summed E-state index contributed by atoms with van der Waals surface area (Å²) in [5.41, 5.74) is 0. The first-order valence-corrected chi connectivity index (χ1v) is 6.96. The van der Waals surface area contributed by atoms with Gasteiger partial charge in [0.25, 0.3) is 0 Å². The number of nitrogens with one attached hydrogen (secondary N) is 2. The van der Waals surface area contributed by atoms with Gasteiger partial charge in [-0.25, -0.2) is 18.1 Å². The molecule has 1 aromatic heterocycles. The number of hydrogen-bond acceptors (Lipinski definition) is 4. The Kier molecular flexibility index (Phi) is 4.49. The van der Waals surface area contributed by atoms with Crippen LogP contribution in [-0.4, -0.2) is 32.7 Å². The van der Waals surface area contributed by atoms with E-state index in [1.807, 2.05) is 12.1 Å². The summed E-state index contributed by atoms with van der Waals surface area (Å²) < 4.78 is 24.7. The van der Waals surface area contributed by atoms with Gasteiger partial charge in [0.1, 0.15) is 5.82 Å². The molecule has 7 heteroatoms. The third-order valence-electron chi connectivity index (χ3n) is 1.52. The second-order valence-corrected chi connectivity index (χ2v) is 5.70. The summed E-state index contributed by atoms with van der Waals surface area (Å²) in [5.74, 6) is 0.716. The summed E-state index contributed by atoms with van der Waals surface area (Å²) in [7, 11) is -3.10. The van der Waals surface area contributed by atoms with Gasteiger partial charge in [-0.1, -0.05) is 0 Å². The Morgan fingerprint density at radius 3 is 2.67 bits per heavy atom. The van der Waals surface area contributed by atoms with Crippen LogP contribution in [0.25, 0.3) is 0 Å². The largest absolute Gasteiger partial charge is 0.369 e. The lowest BCUT2D eigenvalue weighted by molar-refractivity contribution is 0.589. The number of anilines is 1. The maximum atomic E-state index is 10.7. The SMILES string of the molecule is CS(=O)(=O)NCCNc1ccc(Br)cn1. The number of nitrogens with zero attached hydrogens (tertiary/aromatic N) is 1. The molecule has 0 aliphatic heterocycles. The molecule has 1 rings (SSSR count). The highest BCUT2D eigenvalue weighted by molar-refractivity contribution is 9.10. The Balaban J connectivity index is 2.29. The Morgan fingerprint density at radius 1 is 1.40 bits per heavy atom. The van der Waals surface area contributed by atoms with Crippen LogP contribution >= 0.6 is 15.9 Å². The molecule has 0 amide bonds. The molecule has 5 nitrogen and oxygen atoms in total. The number of halogens is 1. The van der Waals surface area contributed by atoms with Gasteiger partial charge in [-0.3, -0.25) is 0 Å². The van der Waals surface area contributed by atoms with E-state index < -0.39 is 10.0 Å². The van der Waals surface area contributed by atoms with Crippen LogP contribution in [0.1, 0.15) is 0 Å². The summed E-state index contributed by atoms with van der Waals surface area (Å²) in [6, 6.07) is 3.67.